The molecule has 41 heavy (non-hydrogen) atoms. The molecule has 2 N–H and O–H groups in total. The van der Waals surface area contributed by atoms with Gasteiger partial charge >= 0.3 is 23.9 Å². The summed E-state index contributed by atoms with van der Waals surface area (Å²) in [7, 11) is 0. The Kier molecular flexibility index (Phi) is 10.5. The molecule has 0 amide bonds. The molecule has 1 fully saturated rings. The first-order chi connectivity index (χ1) is 19.3. The molecule has 0 spiro atoms. The van der Waals surface area contributed by atoms with Gasteiger partial charge < -0.3 is 38.6 Å². The summed E-state index contributed by atoms with van der Waals surface area (Å²) in [5.74, 6) is -4.41. The number of ether oxygens (including phenoxy) is 6. The molecule has 0 radical (unpaired) electrons. The summed E-state index contributed by atoms with van der Waals surface area (Å²) >= 11 is 11.4. The van der Waals surface area contributed by atoms with Crippen molar-refractivity contribution in [1.29, 1.82) is 0 Å². The minimum atomic E-state index is -1.69. The van der Waals surface area contributed by atoms with Crippen molar-refractivity contribution in [2.24, 2.45) is 0 Å². The van der Waals surface area contributed by atoms with E-state index in [0.717, 1.165) is 33.8 Å². The number of benzene rings is 2. The van der Waals surface area contributed by atoms with Crippen LogP contribution >= 0.6 is 23.2 Å². The average Bonchev–Trinajstić information content (AvgIpc) is 2.88. The van der Waals surface area contributed by atoms with Gasteiger partial charge in [0.05, 0.1) is 5.56 Å². The highest BCUT2D eigenvalue weighted by atomic mass is 35.5. The van der Waals surface area contributed by atoms with E-state index in [0.29, 0.717) is 0 Å². The number of carbonyl (C=O) groups is 4. The molecule has 0 saturated carbocycles. The molecular formula is C27H26Cl2O12. The van der Waals surface area contributed by atoms with E-state index in [1.54, 1.807) is 12.1 Å². The van der Waals surface area contributed by atoms with E-state index in [-0.39, 0.29) is 32.3 Å². The average molecular weight is 613 g/mol. The van der Waals surface area contributed by atoms with E-state index < -0.39 is 66.9 Å². The minimum absolute atomic E-state index is 0.146. The van der Waals surface area contributed by atoms with Crippen LogP contribution in [0.25, 0.3) is 16.8 Å². The lowest BCUT2D eigenvalue weighted by Gasteiger charge is -2.44. The van der Waals surface area contributed by atoms with Crippen LogP contribution in [0.2, 0.25) is 0 Å². The van der Waals surface area contributed by atoms with Gasteiger partial charge in [-0.25, -0.2) is 0 Å². The van der Waals surface area contributed by atoms with Crippen molar-refractivity contribution in [2.45, 2.75) is 58.4 Å². The quantitative estimate of drug-likeness (QED) is 0.193. The third-order valence-corrected chi connectivity index (χ3v) is 5.88. The monoisotopic (exact) mass is 612 g/mol. The van der Waals surface area contributed by atoms with E-state index in [1.807, 2.05) is 0 Å². The van der Waals surface area contributed by atoms with E-state index in [9.17, 15) is 29.4 Å². The van der Waals surface area contributed by atoms with Crippen molar-refractivity contribution >= 4 is 63.9 Å². The molecule has 1 aliphatic heterocycles. The Labute approximate surface area is 243 Å². The number of hydrogen-bond acceptors (Lipinski definition) is 12. The van der Waals surface area contributed by atoms with Gasteiger partial charge in [-0.2, -0.15) is 0 Å². The van der Waals surface area contributed by atoms with Crippen LogP contribution in [0.15, 0.2) is 34.5 Å². The zero-order valence-electron chi connectivity index (χ0n) is 22.2. The fraction of sp³-hybridized carbons (Fsp3) is 0.370. The molecule has 2 aromatic rings. The summed E-state index contributed by atoms with van der Waals surface area (Å²) < 4.78 is 32.8. The second-order valence-electron chi connectivity index (χ2n) is 8.72. The summed E-state index contributed by atoms with van der Waals surface area (Å²) in [5.41, 5.74) is 2.34. The van der Waals surface area contributed by atoms with Crippen LogP contribution in [0.3, 0.4) is 0 Å². The first-order valence-corrected chi connectivity index (χ1v) is 12.8. The standard InChI is InChI=1S/C27H26Cl2O12/c1-12(30)36-11-19-24(37-13(2)31)25(38-14(3)32)26(39-15(4)33)27(40-19)41-23-18(9-10-20(28)29)21(34)16-7-5-6-8-17(16)22(23)35/h5-9,19,24-27,34-35H,11H2,1-4H3. The molecule has 14 heteroatoms. The lowest BCUT2D eigenvalue weighted by atomic mass is 9.97. The van der Waals surface area contributed by atoms with Crippen LogP contribution in [0.4, 0.5) is 0 Å². The van der Waals surface area contributed by atoms with E-state index in [4.69, 9.17) is 51.6 Å². The molecule has 0 bridgehead atoms. The Hall–Kier alpha value is -3.96. The number of halogens is 2. The van der Waals surface area contributed by atoms with E-state index >= 15 is 0 Å². The first kappa shape index (κ1) is 31.6. The summed E-state index contributed by atoms with van der Waals surface area (Å²) in [6.45, 7) is 3.85. The molecule has 3 rings (SSSR count). The van der Waals surface area contributed by atoms with Crippen molar-refractivity contribution in [3.8, 4) is 17.2 Å². The zero-order valence-corrected chi connectivity index (χ0v) is 23.7. The maximum absolute atomic E-state index is 12.1. The number of fused-ring (bicyclic) bond motifs is 1. The Morgan fingerprint density at radius 3 is 1.93 bits per heavy atom. The Morgan fingerprint density at radius 2 is 1.39 bits per heavy atom. The van der Waals surface area contributed by atoms with Crippen LogP contribution in [0.5, 0.6) is 17.2 Å². The molecule has 0 aromatic heterocycles. The third kappa shape index (κ3) is 7.83. The fourth-order valence-corrected chi connectivity index (χ4v) is 4.29. The van der Waals surface area contributed by atoms with Gasteiger partial charge in [-0.1, -0.05) is 53.2 Å². The fourth-order valence-electron chi connectivity index (χ4n) is 4.18. The van der Waals surface area contributed by atoms with Gasteiger partial charge in [-0.15, -0.1) is 0 Å². The highest BCUT2D eigenvalue weighted by molar-refractivity contribution is 6.55. The number of carbonyl (C=O) groups excluding carboxylic acids is 4. The summed E-state index contributed by atoms with van der Waals surface area (Å²) in [6, 6.07) is 6.26. The molecule has 1 aliphatic rings. The maximum atomic E-state index is 12.1. The zero-order chi connectivity index (χ0) is 30.4. The molecule has 220 valence electrons. The number of phenolic OH excluding ortho intramolecular Hbond substituents is 2. The molecule has 1 heterocycles. The number of aromatic hydroxyl groups is 2. The summed E-state index contributed by atoms with van der Waals surface area (Å²) in [5, 5.41) is 22.7. The third-order valence-electron chi connectivity index (χ3n) is 5.66. The maximum Gasteiger partial charge on any atom is 0.303 e. The van der Waals surface area contributed by atoms with Gasteiger partial charge in [0, 0.05) is 38.5 Å². The van der Waals surface area contributed by atoms with Gasteiger partial charge in [0.1, 0.15) is 23.0 Å². The van der Waals surface area contributed by atoms with Crippen LogP contribution in [0, 0.1) is 0 Å². The van der Waals surface area contributed by atoms with Gasteiger partial charge in [0.15, 0.2) is 23.7 Å². The van der Waals surface area contributed by atoms with Crippen LogP contribution < -0.4 is 4.74 Å². The highest BCUT2D eigenvalue weighted by Crippen LogP contribution is 2.46. The van der Waals surface area contributed by atoms with Crippen LogP contribution in [-0.2, 0) is 42.9 Å². The summed E-state index contributed by atoms with van der Waals surface area (Å²) in [6.07, 6.45) is -6.40. The largest absolute Gasteiger partial charge is 0.507 e. The second kappa shape index (κ2) is 13.6. The Morgan fingerprint density at radius 1 is 0.854 bits per heavy atom. The minimum Gasteiger partial charge on any atom is -0.507 e. The molecule has 2 aromatic carbocycles. The number of hydrogen-bond donors (Lipinski definition) is 2. The highest BCUT2D eigenvalue weighted by Gasteiger charge is 2.53. The topological polar surface area (TPSA) is 164 Å². The lowest BCUT2D eigenvalue weighted by molar-refractivity contribution is -0.288. The van der Waals surface area contributed by atoms with E-state index in [2.05, 4.69) is 5.73 Å². The predicted octanol–water partition coefficient (Wildman–Crippen LogP) is 3.64. The molecule has 5 atom stereocenters. The van der Waals surface area contributed by atoms with Crippen molar-refractivity contribution in [2.75, 3.05) is 6.61 Å². The molecule has 1 saturated heterocycles. The number of phenols is 2. The van der Waals surface area contributed by atoms with Gasteiger partial charge in [0.2, 0.25) is 12.4 Å². The van der Waals surface area contributed by atoms with Crippen LogP contribution in [-0.4, -0.2) is 71.4 Å². The molecule has 0 aliphatic carbocycles. The second-order valence-corrected chi connectivity index (χ2v) is 9.67. The molecule has 12 nitrogen and oxygen atoms in total. The van der Waals surface area contributed by atoms with Gasteiger partial charge in [0.25, 0.3) is 0 Å². The molecular weight excluding hydrogens is 587 g/mol. The van der Waals surface area contributed by atoms with Crippen LogP contribution in [0.1, 0.15) is 33.3 Å². The SMILES string of the molecule is CC(=O)OCC1OC(Oc2c(C=C=C(Cl)Cl)c(O)c3ccccc3c2O)C(OC(C)=O)C(OC(C)=O)C1OC(C)=O. The first-order valence-electron chi connectivity index (χ1n) is 12.0. The molecule has 5 unspecified atom stereocenters. The van der Waals surface area contributed by atoms with Crippen molar-refractivity contribution in [3.63, 3.8) is 0 Å². The van der Waals surface area contributed by atoms with Gasteiger partial charge in [-0.05, 0) is 6.08 Å². The number of rotatable bonds is 8. The van der Waals surface area contributed by atoms with Crippen molar-refractivity contribution < 1.29 is 57.8 Å². The lowest BCUT2D eigenvalue weighted by Crippen LogP contribution is -2.63. The number of esters is 4. The van der Waals surface area contributed by atoms with E-state index in [1.165, 1.54) is 12.1 Å². The van der Waals surface area contributed by atoms with Gasteiger partial charge in [-0.3, -0.25) is 19.2 Å². The Bertz CT molecular complexity index is 1410. The van der Waals surface area contributed by atoms with Crippen molar-refractivity contribution in [1.82, 2.24) is 0 Å². The Balaban J connectivity index is 2.23. The normalized spacial score (nSPS) is 21.7. The smallest absolute Gasteiger partial charge is 0.303 e. The predicted molar refractivity (Wildman–Crippen MR) is 143 cm³/mol. The summed E-state index contributed by atoms with van der Waals surface area (Å²) in [4.78, 5) is 47.7. The van der Waals surface area contributed by atoms with Crippen molar-refractivity contribution in [3.05, 3.63) is 40.1 Å².